The van der Waals surface area contributed by atoms with Crippen molar-refractivity contribution in [2.24, 2.45) is 23.7 Å². The molecule has 5 nitrogen and oxygen atoms in total. The number of benzene rings is 1. The quantitative estimate of drug-likeness (QED) is 0.568. The topological polar surface area (TPSA) is 55.8 Å². The van der Waals surface area contributed by atoms with Gasteiger partial charge in [-0.25, -0.2) is 9.59 Å². The number of esters is 1. The van der Waals surface area contributed by atoms with Crippen molar-refractivity contribution in [1.29, 1.82) is 0 Å². The molecule has 30 heavy (non-hydrogen) atoms. The maximum Gasteiger partial charge on any atom is 0.411 e. The van der Waals surface area contributed by atoms with Crippen molar-refractivity contribution in [3.05, 3.63) is 35.9 Å². The molecule has 3 rings (SSSR count). The number of ether oxygens (including phenoxy) is 2. The molecule has 1 aliphatic heterocycles. The Hall–Kier alpha value is -2.04. The summed E-state index contributed by atoms with van der Waals surface area (Å²) in [6, 6.07) is 8.77. The van der Waals surface area contributed by atoms with Crippen LogP contribution >= 0.6 is 0 Å². The van der Waals surface area contributed by atoms with E-state index in [-0.39, 0.29) is 24.0 Å². The van der Waals surface area contributed by atoms with Crippen molar-refractivity contribution < 1.29 is 19.1 Å². The van der Waals surface area contributed by atoms with Crippen LogP contribution in [0.5, 0.6) is 0 Å². The molecule has 0 radical (unpaired) electrons. The lowest BCUT2D eigenvalue weighted by atomic mass is 9.75. The molecule has 2 fully saturated rings. The molecule has 0 spiro atoms. The fraction of sp³-hybridized carbons (Fsp3) is 0.680. The van der Waals surface area contributed by atoms with Gasteiger partial charge in [0.25, 0.3) is 0 Å². The van der Waals surface area contributed by atoms with Crippen LogP contribution in [0.2, 0.25) is 0 Å². The molecule has 6 unspecified atom stereocenters. The van der Waals surface area contributed by atoms with Crippen LogP contribution in [-0.4, -0.2) is 35.2 Å². The molecule has 1 aromatic carbocycles. The summed E-state index contributed by atoms with van der Waals surface area (Å²) in [5.41, 5.74) is 0.975. The van der Waals surface area contributed by atoms with E-state index < -0.39 is 18.2 Å². The molecule has 1 aliphatic carbocycles. The summed E-state index contributed by atoms with van der Waals surface area (Å²) in [6.45, 7) is 12.5. The molecule has 0 N–H and O–H groups in total. The first-order chi connectivity index (χ1) is 14.2. The zero-order valence-corrected chi connectivity index (χ0v) is 19.2. The van der Waals surface area contributed by atoms with Crippen molar-refractivity contribution in [2.45, 2.75) is 85.1 Å². The average molecular weight is 416 g/mol. The van der Waals surface area contributed by atoms with Crippen LogP contribution in [0.4, 0.5) is 4.79 Å². The molecular formula is C25H37NO4. The van der Waals surface area contributed by atoms with E-state index in [0.29, 0.717) is 17.8 Å². The minimum atomic E-state index is -0.724. The van der Waals surface area contributed by atoms with Gasteiger partial charge >= 0.3 is 12.1 Å². The fourth-order valence-corrected chi connectivity index (χ4v) is 5.02. The average Bonchev–Trinajstić information content (AvgIpc) is 3.05. The van der Waals surface area contributed by atoms with Gasteiger partial charge in [-0.3, -0.25) is 4.90 Å². The van der Waals surface area contributed by atoms with Gasteiger partial charge in [-0.2, -0.15) is 0 Å². The van der Waals surface area contributed by atoms with Crippen LogP contribution in [0.25, 0.3) is 0 Å². The Bertz CT molecular complexity index is 732. The predicted molar refractivity (Wildman–Crippen MR) is 117 cm³/mol. The highest BCUT2D eigenvalue weighted by Crippen LogP contribution is 2.38. The van der Waals surface area contributed by atoms with Crippen molar-refractivity contribution >= 4 is 12.1 Å². The SMILES string of the molecule is CC1CCC(C(C)C)C(OC(=O)C2C(C(C)C)OC(=O)N2C(C)c2ccccc2)C1. The Kier molecular flexibility index (Phi) is 7.10. The van der Waals surface area contributed by atoms with Gasteiger partial charge in [-0.05, 0) is 49.0 Å². The molecule has 5 heteroatoms. The first-order valence-electron chi connectivity index (χ1n) is 11.4. The van der Waals surface area contributed by atoms with Gasteiger partial charge in [0, 0.05) is 0 Å². The monoisotopic (exact) mass is 415 g/mol. The van der Waals surface area contributed by atoms with Crippen LogP contribution in [0, 0.1) is 23.7 Å². The van der Waals surface area contributed by atoms with Gasteiger partial charge in [-0.15, -0.1) is 0 Å². The molecule has 1 amide bonds. The Balaban J connectivity index is 1.86. The normalized spacial score (nSPS) is 30.5. The fourth-order valence-electron chi connectivity index (χ4n) is 5.02. The smallest absolute Gasteiger partial charge is 0.411 e. The highest BCUT2D eigenvalue weighted by Gasteiger charge is 2.51. The molecule has 166 valence electrons. The zero-order valence-electron chi connectivity index (χ0n) is 19.2. The van der Waals surface area contributed by atoms with Crippen LogP contribution in [0.15, 0.2) is 30.3 Å². The number of carbonyl (C=O) groups is 2. The maximum atomic E-state index is 13.5. The number of cyclic esters (lactones) is 1. The van der Waals surface area contributed by atoms with Crippen LogP contribution in [0.1, 0.15) is 72.4 Å². The van der Waals surface area contributed by atoms with E-state index in [0.717, 1.165) is 18.4 Å². The van der Waals surface area contributed by atoms with Gasteiger partial charge in [0.05, 0.1) is 6.04 Å². The largest absolute Gasteiger partial charge is 0.460 e. The van der Waals surface area contributed by atoms with Gasteiger partial charge in [-0.1, -0.05) is 71.4 Å². The number of carbonyl (C=O) groups excluding carboxylic acids is 2. The second-order valence-electron chi connectivity index (χ2n) is 9.83. The van der Waals surface area contributed by atoms with Crippen LogP contribution in [0.3, 0.4) is 0 Å². The summed E-state index contributed by atoms with van der Waals surface area (Å²) in [5.74, 6) is 1.05. The van der Waals surface area contributed by atoms with E-state index >= 15 is 0 Å². The Morgan fingerprint density at radius 1 is 1.07 bits per heavy atom. The molecule has 1 aromatic rings. The Morgan fingerprint density at radius 3 is 2.33 bits per heavy atom. The summed E-state index contributed by atoms with van der Waals surface area (Å²) >= 11 is 0. The third-order valence-corrected chi connectivity index (χ3v) is 6.89. The highest BCUT2D eigenvalue weighted by molar-refractivity contribution is 5.85. The molecule has 0 bridgehead atoms. The van der Waals surface area contributed by atoms with Gasteiger partial charge in [0.1, 0.15) is 12.2 Å². The summed E-state index contributed by atoms with van der Waals surface area (Å²) < 4.78 is 11.8. The highest BCUT2D eigenvalue weighted by atomic mass is 16.6. The molecular weight excluding hydrogens is 378 g/mol. The maximum absolute atomic E-state index is 13.5. The third kappa shape index (κ3) is 4.65. The number of hydrogen-bond acceptors (Lipinski definition) is 4. The lowest BCUT2D eigenvalue weighted by Crippen LogP contribution is -2.49. The number of hydrogen-bond donors (Lipinski definition) is 0. The summed E-state index contributed by atoms with van der Waals surface area (Å²) in [7, 11) is 0. The van der Waals surface area contributed by atoms with Crippen molar-refractivity contribution in [3.63, 3.8) is 0 Å². The van der Waals surface area contributed by atoms with Gasteiger partial charge in [0.15, 0.2) is 6.04 Å². The number of amides is 1. The van der Waals surface area contributed by atoms with Crippen LogP contribution < -0.4 is 0 Å². The van der Waals surface area contributed by atoms with Gasteiger partial charge in [0.2, 0.25) is 0 Å². The van der Waals surface area contributed by atoms with Crippen molar-refractivity contribution in [2.75, 3.05) is 0 Å². The molecule has 1 heterocycles. The lowest BCUT2D eigenvalue weighted by molar-refractivity contribution is -0.163. The summed E-state index contributed by atoms with van der Waals surface area (Å²) in [5, 5.41) is 0. The molecule has 2 aliphatic rings. The Labute approximate surface area is 181 Å². The minimum Gasteiger partial charge on any atom is -0.460 e. The predicted octanol–water partition coefficient (Wildman–Crippen LogP) is 5.60. The van der Waals surface area contributed by atoms with E-state index in [2.05, 4.69) is 20.8 Å². The molecule has 0 aromatic heterocycles. The second-order valence-corrected chi connectivity index (χ2v) is 9.83. The first-order valence-corrected chi connectivity index (χ1v) is 11.4. The molecule has 1 saturated heterocycles. The van der Waals surface area contributed by atoms with Gasteiger partial charge < -0.3 is 9.47 Å². The standard InChI is InChI=1S/C25H37NO4/c1-15(2)20-13-12-17(5)14-21(20)29-24(27)22-23(16(3)4)30-25(28)26(22)18(6)19-10-8-7-9-11-19/h7-11,15-18,20-23H,12-14H2,1-6H3. The van der Waals surface area contributed by atoms with Crippen LogP contribution in [-0.2, 0) is 14.3 Å². The van der Waals surface area contributed by atoms with Crippen molar-refractivity contribution in [3.8, 4) is 0 Å². The lowest BCUT2D eigenvalue weighted by Gasteiger charge is -2.38. The minimum absolute atomic E-state index is 0.0191. The van der Waals surface area contributed by atoms with E-state index in [1.54, 1.807) is 4.90 Å². The van der Waals surface area contributed by atoms with E-state index in [1.165, 1.54) is 6.42 Å². The second kappa shape index (κ2) is 9.40. The van der Waals surface area contributed by atoms with E-state index in [1.807, 2.05) is 51.1 Å². The van der Waals surface area contributed by atoms with E-state index in [4.69, 9.17) is 9.47 Å². The zero-order chi connectivity index (χ0) is 22.0. The molecule has 1 saturated carbocycles. The van der Waals surface area contributed by atoms with Crippen molar-refractivity contribution in [1.82, 2.24) is 4.90 Å². The Morgan fingerprint density at radius 2 is 1.73 bits per heavy atom. The number of rotatable bonds is 6. The first kappa shape index (κ1) is 22.6. The van der Waals surface area contributed by atoms with E-state index in [9.17, 15) is 9.59 Å². The third-order valence-electron chi connectivity index (χ3n) is 6.89. The molecule has 6 atom stereocenters. The number of nitrogens with zero attached hydrogens (tertiary/aromatic N) is 1. The summed E-state index contributed by atoms with van der Waals surface area (Å²) in [4.78, 5) is 27.9. The summed E-state index contributed by atoms with van der Waals surface area (Å²) in [6.07, 6.45) is 2.09.